The number of rotatable bonds is 3. The topological polar surface area (TPSA) is 24.5 Å². The molecule has 3 nitrogen and oxygen atoms in total. The number of hydrogen-bond acceptors (Lipinski definition) is 3. The molecule has 0 radical (unpaired) electrons. The molecule has 94 valence electrons. The van der Waals surface area contributed by atoms with E-state index in [1.807, 2.05) is 0 Å². The molecular weight excluding hydrogens is 287 g/mol. The minimum atomic E-state index is -0.190. The van der Waals surface area contributed by atoms with Gasteiger partial charge in [-0.2, -0.15) is 0 Å². The van der Waals surface area contributed by atoms with Crippen LogP contribution < -0.4 is 10.1 Å². The Morgan fingerprint density at radius 3 is 2.76 bits per heavy atom. The van der Waals surface area contributed by atoms with Crippen LogP contribution in [0.4, 0.5) is 4.39 Å². The lowest BCUT2D eigenvalue weighted by Gasteiger charge is -2.27. The van der Waals surface area contributed by atoms with Crippen LogP contribution in [0.15, 0.2) is 16.6 Å². The molecule has 0 amide bonds. The van der Waals surface area contributed by atoms with E-state index in [1.165, 1.54) is 0 Å². The van der Waals surface area contributed by atoms with Gasteiger partial charge < -0.3 is 10.1 Å². The molecule has 1 aromatic carbocycles. The second-order valence-electron chi connectivity index (χ2n) is 4.11. The van der Waals surface area contributed by atoms with E-state index >= 15 is 0 Å². The lowest BCUT2D eigenvalue weighted by atomic mass is 10.1. The number of nitrogens with one attached hydrogen (secondary N) is 1. The van der Waals surface area contributed by atoms with E-state index in [0.29, 0.717) is 22.3 Å². The van der Waals surface area contributed by atoms with E-state index in [1.54, 1.807) is 19.2 Å². The molecule has 1 saturated heterocycles. The fourth-order valence-corrected chi connectivity index (χ4v) is 2.44. The Morgan fingerprint density at radius 1 is 1.41 bits per heavy atom. The SMILES string of the molecule is COc1cc(Br)c(F)c(CN2CCNCC2)c1. The third kappa shape index (κ3) is 3.18. The van der Waals surface area contributed by atoms with Crippen LogP contribution in [0.1, 0.15) is 5.56 Å². The first-order valence-corrected chi connectivity index (χ1v) is 6.45. The summed E-state index contributed by atoms with van der Waals surface area (Å²) in [6.45, 7) is 4.46. The molecule has 0 bridgehead atoms. The van der Waals surface area contributed by atoms with Crippen LogP contribution in [0.2, 0.25) is 0 Å². The number of benzene rings is 1. The summed E-state index contributed by atoms with van der Waals surface area (Å²) in [6.07, 6.45) is 0. The maximum absolute atomic E-state index is 13.9. The summed E-state index contributed by atoms with van der Waals surface area (Å²) in [5, 5.41) is 3.28. The normalized spacial score (nSPS) is 17.1. The highest BCUT2D eigenvalue weighted by molar-refractivity contribution is 9.10. The van der Waals surface area contributed by atoms with Crippen LogP contribution in [-0.2, 0) is 6.54 Å². The zero-order chi connectivity index (χ0) is 12.3. The summed E-state index contributed by atoms with van der Waals surface area (Å²) in [5.41, 5.74) is 0.679. The van der Waals surface area contributed by atoms with Crippen molar-refractivity contribution in [3.63, 3.8) is 0 Å². The Bertz CT molecular complexity index is 394. The van der Waals surface area contributed by atoms with Gasteiger partial charge in [-0.3, -0.25) is 4.90 Å². The van der Waals surface area contributed by atoms with E-state index in [2.05, 4.69) is 26.1 Å². The van der Waals surface area contributed by atoms with Crippen molar-refractivity contribution in [3.8, 4) is 5.75 Å². The highest BCUT2D eigenvalue weighted by atomic mass is 79.9. The molecule has 0 aliphatic carbocycles. The molecule has 17 heavy (non-hydrogen) atoms. The molecule has 0 atom stereocenters. The summed E-state index contributed by atoms with van der Waals surface area (Å²) in [6, 6.07) is 3.42. The third-order valence-corrected chi connectivity index (χ3v) is 3.49. The second-order valence-corrected chi connectivity index (χ2v) is 4.96. The second kappa shape index (κ2) is 5.80. The largest absolute Gasteiger partial charge is 0.497 e. The van der Waals surface area contributed by atoms with E-state index in [9.17, 15) is 4.39 Å². The molecule has 1 aromatic rings. The van der Waals surface area contributed by atoms with E-state index in [0.717, 1.165) is 26.2 Å². The first kappa shape index (κ1) is 12.8. The van der Waals surface area contributed by atoms with Gasteiger partial charge in [-0.15, -0.1) is 0 Å². The standard InChI is InChI=1S/C12H16BrFN2O/c1-17-10-6-9(12(14)11(13)7-10)8-16-4-2-15-3-5-16/h6-7,15H,2-5,8H2,1H3. The van der Waals surface area contributed by atoms with Crippen molar-refractivity contribution < 1.29 is 9.13 Å². The van der Waals surface area contributed by atoms with Gasteiger partial charge in [-0.25, -0.2) is 4.39 Å². The van der Waals surface area contributed by atoms with Gasteiger partial charge in [0.05, 0.1) is 11.6 Å². The molecule has 0 unspecified atom stereocenters. The molecule has 0 saturated carbocycles. The van der Waals surface area contributed by atoms with Gasteiger partial charge in [0.15, 0.2) is 0 Å². The highest BCUT2D eigenvalue weighted by Crippen LogP contribution is 2.26. The Morgan fingerprint density at radius 2 is 2.12 bits per heavy atom. The summed E-state index contributed by atoms with van der Waals surface area (Å²) in [7, 11) is 1.59. The molecule has 5 heteroatoms. The Balaban J connectivity index is 2.15. The predicted molar refractivity (Wildman–Crippen MR) is 68.8 cm³/mol. The van der Waals surface area contributed by atoms with E-state index in [-0.39, 0.29) is 5.82 Å². The first-order valence-electron chi connectivity index (χ1n) is 5.65. The average Bonchev–Trinajstić information content (AvgIpc) is 2.36. The molecule has 1 aliphatic heterocycles. The first-order chi connectivity index (χ1) is 8.20. The van der Waals surface area contributed by atoms with Crippen LogP contribution in [0.5, 0.6) is 5.75 Å². The number of halogens is 2. The monoisotopic (exact) mass is 302 g/mol. The van der Waals surface area contributed by atoms with E-state index in [4.69, 9.17) is 4.74 Å². The van der Waals surface area contributed by atoms with Gasteiger partial charge >= 0.3 is 0 Å². The minimum absolute atomic E-state index is 0.190. The van der Waals surface area contributed by atoms with Crippen LogP contribution in [0, 0.1) is 5.82 Å². The fraction of sp³-hybridized carbons (Fsp3) is 0.500. The van der Waals surface area contributed by atoms with Crippen LogP contribution in [0.3, 0.4) is 0 Å². The summed E-state index contributed by atoms with van der Waals surface area (Å²) >= 11 is 3.22. The van der Waals surface area contributed by atoms with Crippen molar-refractivity contribution in [1.29, 1.82) is 0 Å². The smallest absolute Gasteiger partial charge is 0.142 e. The molecule has 0 spiro atoms. The van der Waals surface area contributed by atoms with Gasteiger partial charge in [0.1, 0.15) is 11.6 Å². The van der Waals surface area contributed by atoms with Gasteiger partial charge in [0, 0.05) is 38.3 Å². The summed E-state index contributed by atoms with van der Waals surface area (Å²) in [4.78, 5) is 2.24. The van der Waals surface area contributed by atoms with Gasteiger partial charge in [0.25, 0.3) is 0 Å². The molecular formula is C12H16BrFN2O. The van der Waals surface area contributed by atoms with Crippen molar-refractivity contribution in [2.75, 3.05) is 33.3 Å². The molecule has 1 N–H and O–H groups in total. The number of ether oxygens (including phenoxy) is 1. The highest BCUT2D eigenvalue weighted by Gasteiger charge is 2.15. The molecule has 1 fully saturated rings. The van der Waals surface area contributed by atoms with Crippen molar-refractivity contribution in [2.24, 2.45) is 0 Å². The van der Waals surface area contributed by atoms with Crippen LogP contribution in [0.25, 0.3) is 0 Å². The zero-order valence-corrected chi connectivity index (χ0v) is 11.4. The van der Waals surface area contributed by atoms with Gasteiger partial charge in [-0.05, 0) is 28.1 Å². The van der Waals surface area contributed by atoms with Crippen LogP contribution in [-0.4, -0.2) is 38.2 Å². The average molecular weight is 303 g/mol. The van der Waals surface area contributed by atoms with Crippen molar-refractivity contribution in [3.05, 3.63) is 28.0 Å². The number of piperazine rings is 1. The van der Waals surface area contributed by atoms with Gasteiger partial charge in [-0.1, -0.05) is 0 Å². The molecule has 1 heterocycles. The lowest BCUT2D eigenvalue weighted by molar-refractivity contribution is 0.230. The van der Waals surface area contributed by atoms with Crippen molar-refractivity contribution in [2.45, 2.75) is 6.54 Å². The third-order valence-electron chi connectivity index (χ3n) is 2.92. The molecule has 1 aliphatic rings. The number of methoxy groups -OCH3 is 1. The van der Waals surface area contributed by atoms with E-state index < -0.39 is 0 Å². The van der Waals surface area contributed by atoms with Crippen molar-refractivity contribution in [1.82, 2.24) is 10.2 Å². The predicted octanol–water partition coefficient (Wildman–Crippen LogP) is 2.00. The van der Waals surface area contributed by atoms with Crippen molar-refractivity contribution >= 4 is 15.9 Å². The molecule has 2 rings (SSSR count). The lowest BCUT2D eigenvalue weighted by Crippen LogP contribution is -2.43. The maximum atomic E-state index is 13.9. The summed E-state index contributed by atoms with van der Waals surface area (Å²) in [5.74, 6) is 0.493. The Hall–Kier alpha value is -0.650. The Kier molecular flexibility index (Phi) is 4.36. The Labute approximate surface area is 109 Å². The number of hydrogen-bond donors (Lipinski definition) is 1. The van der Waals surface area contributed by atoms with Gasteiger partial charge in [0.2, 0.25) is 0 Å². The maximum Gasteiger partial charge on any atom is 0.142 e. The van der Waals surface area contributed by atoms with Crippen LogP contribution >= 0.6 is 15.9 Å². The zero-order valence-electron chi connectivity index (χ0n) is 9.80. The quantitative estimate of drug-likeness (QED) is 0.924. The summed E-state index contributed by atoms with van der Waals surface area (Å²) < 4.78 is 19.5. The number of nitrogens with zero attached hydrogens (tertiary/aromatic N) is 1. The molecule has 0 aromatic heterocycles. The minimum Gasteiger partial charge on any atom is -0.497 e. The fourth-order valence-electron chi connectivity index (χ4n) is 1.96.